The zero-order valence-corrected chi connectivity index (χ0v) is 30.7. The molecule has 0 radical (unpaired) electrons. The van der Waals surface area contributed by atoms with Crippen LogP contribution in [-0.2, 0) is 47.7 Å². The van der Waals surface area contributed by atoms with Crippen LogP contribution in [-0.4, -0.2) is 110 Å². The lowest BCUT2D eigenvalue weighted by atomic mass is 9.95. The number of amides is 3. The minimum absolute atomic E-state index is 0.0870. The quantitative estimate of drug-likeness (QED) is 0.0786. The van der Waals surface area contributed by atoms with Crippen molar-refractivity contribution in [3.05, 3.63) is 41.6 Å². The molecule has 16 nitrogen and oxygen atoms in total. The second-order valence-corrected chi connectivity index (χ2v) is 16.8. The number of rotatable bonds is 12. The second-order valence-electron chi connectivity index (χ2n) is 13.2. The first-order valence-electron chi connectivity index (χ1n) is 16.1. The van der Waals surface area contributed by atoms with Crippen LogP contribution in [0.15, 0.2) is 36.0 Å². The van der Waals surface area contributed by atoms with Gasteiger partial charge in [0.1, 0.15) is 35.3 Å². The minimum Gasteiger partial charge on any atom is -0.466 e. The van der Waals surface area contributed by atoms with E-state index in [1.54, 1.807) is 27.7 Å². The highest BCUT2D eigenvalue weighted by atomic mass is 32.2. The molecule has 0 bridgehead atoms. The number of nitrogens with one attached hydrogen (secondary N) is 2. The Morgan fingerprint density at radius 2 is 1.55 bits per heavy atom. The number of hydrogen-bond donors (Lipinski definition) is 2. The van der Waals surface area contributed by atoms with Gasteiger partial charge in [0.2, 0.25) is 24.5 Å². The maximum absolute atomic E-state index is 13.8. The van der Waals surface area contributed by atoms with Crippen LogP contribution in [0.1, 0.15) is 59.6 Å². The van der Waals surface area contributed by atoms with Gasteiger partial charge in [0.05, 0.1) is 25.5 Å². The van der Waals surface area contributed by atoms with E-state index in [9.17, 15) is 33.6 Å². The number of β-lactam (4-membered cyclic amide) rings is 2. The van der Waals surface area contributed by atoms with Crippen LogP contribution in [0.5, 0.6) is 5.75 Å². The molecule has 4 heterocycles. The maximum atomic E-state index is 13.8. The predicted octanol–water partition coefficient (Wildman–Crippen LogP) is 1.97. The molecule has 6 atom stereocenters. The zero-order valence-electron chi connectivity index (χ0n) is 29.1. The average molecular weight is 749 g/mol. The molecule has 51 heavy (non-hydrogen) atoms. The molecule has 1 aromatic rings. The minimum atomic E-state index is -1.11. The summed E-state index contributed by atoms with van der Waals surface area (Å²) in [5.41, 5.74) is 0.704. The molecule has 3 amide bonds. The van der Waals surface area contributed by atoms with Crippen molar-refractivity contribution in [1.82, 2.24) is 20.4 Å². The summed E-state index contributed by atoms with van der Waals surface area (Å²) in [6, 6.07) is 2.02. The number of nitrogens with zero attached hydrogens (tertiary/aromatic N) is 2. The van der Waals surface area contributed by atoms with Gasteiger partial charge in [0, 0.05) is 21.3 Å². The van der Waals surface area contributed by atoms with Crippen LogP contribution in [0.3, 0.4) is 0 Å². The van der Waals surface area contributed by atoms with Crippen LogP contribution in [0.2, 0.25) is 0 Å². The molecule has 4 saturated heterocycles. The Bertz CT molecular complexity index is 1650. The predicted molar refractivity (Wildman–Crippen MR) is 182 cm³/mol. The molecule has 2 N–H and O–H groups in total. The molecule has 0 saturated carbocycles. The van der Waals surface area contributed by atoms with E-state index in [-0.39, 0.29) is 23.6 Å². The van der Waals surface area contributed by atoms with Crippen LogP contribution < -0.4 is 15.4 Å². The van der Waals surface area contributed by atoms with Gasteiger partial charge >= 0.3 is 24.1 Å². The number of allylic oxidation sites excluding steroid dienone is 1. The lowest BCUT2D eigenvalue weighted by molar-refractivity contribution is -0.181. The highest BCUT2D eigenvalue weighted by Gasteiger charge is 2.65. The van der Waals surface area contributed by atoms with Crippen LogP contribution in [0.25, 0.3) is 0 Å². The molecule has 0 spiro atoms. The van der Waals surface area contributed by atoms with Crippen molar-refractivity contribution >= 4 is 65.3 Å². The molecule has 0 aromatic heterocycles. The number of hydrogen-bond acceptors (Lipinski definition) is 15. The summed E-state index contributed by atoms with van der Waals surface area (Å²) in [4.78, 5) is 92.0. The second kappa shape index (κ2) is 14.7. The monoisotopic (exact) mass is 748 g/mol. The van der Waals surface area contributed by atoms with E-state index in [1.165, 1.54) is 64.7 Å². The van der Waals surface area contributed by atoms with Gasteiger partial charge in [-0.25, -0.2) is 19.2 Å². The summed E-state index contributed by atoms with van der Waals surface area (Å²) in [5.74, 6) is -3.22. The molecule has 276 valence electrons. The highest BCUT2D eigenvalue weighted by molar-refractivity contribution is 8.02. The van der Waals surface area contributed by atoms with E-state index < -0.39 is 81.7 Å². The molecular weight excluding hydrogens is 709 g/mol. The highest BCUT2D eigenvalue weighted by Crippen LogP contribution is 2.52. The third kappa shape index (κ3) is 7.61. The Balaban J connectivity index is 1.23. The third-order valence-electron chi connectivity index (χ3n) is 8.76. The number of carbonyl (C=O) groups is 7. The largest absolute Gasteiger partial charge is 0.513 e. The van der Waals surface area contributed by atoms with Gasteiger partial charge in [0.15, 0.2) is 0 Å². The normalized spacial score (nSPS) is 26.0. The molecule has 5 rings (SSSR count). The van der Waals surface area contributed by atoms with E-state index in [2.05, 4.69) is 15.4 Å². The Hall–Kier alpha value is -4.45. The van der Waals surface area contributed by atoms with Gasteiger partial charge in [0.25, 0.3) is 0 Å². The molecular formula is C33H40N4O12S2. The first-order chi connectivity index (χ1) is 24.0. The summed E-state index contributed by atoms with van der Waals surface area (Å²) in [6.45, 7) is 9.85. The van der Waals surface area contributed by atoms with Crippen LogP contribution >= 0.6 is 23.5 Å². The zero-order chi connectivity index (χ0) is 37.4. The Labute approximate surface area is 302 Å². The maximum Gasteiger partial charge on any atom is 0.513 e. The fourth-order valence-corrected chi connectivity index (χ4v) is 9.64. The number of carbonyl (C=O) groups excluding carboxylic acids is 7. The molecule has 4 fully saturated rings. The fourth-order valence-electron chi connectivity index (χ4n) is 6.40. The van der Waals surface area contributed by atoms with Crippen molar-refractivity contribution < 1.29 is 57.2 Å². The van der Waals surface area contributed by atoms with E-state index in [1.807, 2.05) is 13.8 Å². The summed E-state index contributed by atoms with van der Waals surface area (Å²) in [6.07, 6.45) is 0.627. The first-order valence-corrected chi connectivity index (χ1v) is 17.8. The number of esters is 3. The number of fused-ring (bicyclic) bond motifs is 2. The molecule has 4 aliphatic heterocycles. The van der Waals surface area contributed by atoms with E-state index in [0.717, 1.165) is 6.08 Å². The van der Waals surface area contributed by atoms with Gasteiger partial charge in [-0.15, -0.1) is 23.5 Å². The fraction of sp³-hybridized carbons (Fsp3) is 0.545. The van der Waals surface area contributed by atoms with Gasteiger partial charge in [-0.2, -0.15) is 0 Å². The molecule has 4 aliphatic rings. The standard InChI is InChI=1S/C33H40N4O12S2/c1-8-46-31(44)49-18-11-9-17(10-12-18)22(34-16(2)13-21(39)45-7)26(40)35-23-27(41)37-25(33(5,6)51-28(23)37)30(43)48-15-47-29(42)24-32(3,4)50-20-14-19(38)36(20)24/h9-13,20,22-25,28,34H,8,14-15H2,1-7H3,(H,35,40)/t20-,22?,23-,24+,25+,28-/m1/s1. The van der Waals surface area contributed by atoms with Gasteiger partial charge in [-0.05, 0) is 59.2 Å². The molecule has 18 heteroatoms. The number of thioether (sulfide) groups is 2. The summed E-state index contributed by atoms with van der Waals surface area (Å²) >= 11 is 2.82. The average Bonchev–Trinajstić information content (AvgIpc) is 3.45. The SMILES string of the molecule is CCOC(=O)Oc1ccc(C(NC(C)=CC(=O)OC)C(=O)N[C@@H]2C(=O)N3[C@@H]2SC(C)(C)[C@@H]3C(=O)OCOC(=O)[C@@H]2N3C(=O)C[C@H]3SC2(C)C)cc1. The lowest BCUT2D eigenvalue weighted by Gasteiger charge is -2.44. The Kier molecular flexibility index (Phi) is 10.9. The Morgan fingerprint density at radius 1 is 0.941 bits per heavy atom. The number of benzene rings is 1. The van der Waals surface area contributed by atoms with Crippen molar-refractivity contribution in [2.24, 2.45) is 0 Å². The Morgan fingerprint density at radius 3 is 2.14 bits per heavy atom. The van der Waals surface area contributed by atoms with Crippen molar-refractivity contribution in [3.8, 4) is 5.75 Å². The van der Waals surface area contributed by atoms with Crippen molar-refractivity contribution in [2.75, 3.05) is 20.5 Å². The van der Waals surface area contributed by atoms with E-state index in [0.29, 0.717) is 17.7 Å². The molecule has 0 aliphatic carbocycles. The number of methoxy groups -OCH3 is 1. The summed E-state index contributed by atoms with van der Waals surface area (Å²) < 4.78 is 23.8. The topological polar surface area (TPSA) is 196 Å². The third-order valence-corrected chi connectivity index (χ3v) is 11.8. The van der Waals surface area contributed by atoms with E-state index >= 15 is 0 Å². The van der Waals surface area contributed by atoms with Gasteiger partial charge in [-0.3, -0.25) is 14.4 Å². The first kappa shape index (κ1) is 37.8. The van der Waals surface area contributed by atoms with Crippen LogP contribution in [0.4, 0.5) is 4.79 Å². The molecule has 1 unspecified atom stereocenters. The number of ether oxygens (including phenoxy) is 5. The van der Waals surface area contributed by atoms with Gasteiger partial charge in [-0.1, -0.05) is 12.1 Å². The summed E-state index contributed by atoms with van der Waals surface area (Å²) in [7, 11) is 1.21. The van der Waals surface area contributed by atoms with E-state index in [4.69, 9.17) is 18.9 Å². The van der Waals surface area contributed by atoms with Crippen molar-refractivity contribution in [2.45, 2.75) is 92.4 Å². The van der Waals surface area contributed by atoms with Crippen molar-refractivity contribution in [3.63, 3.8) is 0 Å². The smallest absolute Gasteiger partial charge is 0.466 e. The van der Waals surface area contributed by atoms with Crippen molar-refractivity contribution in [1.29, 1.82) is 0 Å². The van der Waals surface area contributed by atoms with Crippen LogP contribution in [0, 0.1) is 0 Å². The molecule has 1 aromatic carbocycles. The lowest BCUT2D eigenvalue weighted by Crippen LogP contribution is -2.71. The summed E-state index contributed by atoms with van der Waals surface area (Å²) in [5, 5.41) is 5.03. The van der Waals surface area contributed by atoms with Gasteiger partial charge < -0.3 is 44.1 Å².